The molecular formula is C25H25N3O. The fraction of sp³-hybridized carbons (Fsp3) is 0.240. The molecule has 1 saturated heterocycles. The second-order valence-electron chi connectivity index (χ2n) is 8.21. The van der Waals surface area contributed by atoms with Gasteiger partial charge in [0.1, 0.15) is 0 Å². The van der Waals surface area contributed by atoms with Crippen LogP contribution >= 0.6 is 0 Å². The number of allylic oxidation sites excluding steroid dienone is 1. The lowest BCUT2D eigenvalue weighted by atomic mass is 10.0. The monoisotopic (exact) mass is 383 g/mol. The zero-order valence-corrected chi connectivity index (χ0v) is 16.5. The highest BCUT2D eigenvalue weighted by Crippen LogP contribution is 2.38. The molecule has 4 nitrogen and oxygen atoms in total. The number of carbonyl (C=O) groups is 1. The number of fused-ring (bicyclic) bond motifs is 2. The van der Waals surface area contributed by atoms with Crippen molar-refractivity contribution >= 4 is 17.3 Å². The van der Waals surface area contributed by atoms with E-state index >= 15 is 0 Å². The van der Waals surface area contributed by atoms with Gasteiger partial charge in [0.15, 0.2) is 0 Å². The van der Waals surface area contributed by atoms with Crippen LogP contribution in [0.2, 0.25) is 0 Å². The van der Waals surface area contributed by atoms with Gasteiger partial charge in [0.2, 0.25) is 0 Å². The Kier molecular flexibility index (Phi) is 4.09. The van der Waals surface area contributed by atoms with Crippen LogP contribution in [0.3, 0.4) is 0 Å². The Morgan fingerprint density at radius 1 is 1.00 bits per heavy atom. The fourth-order valence-corrected chi connectivity index (χ4v) is 4.81. The number of benzene rings is 2. The minimum Gasteiger partial charge on any atom is -0.382 e. The summed E-state index contributed by atoms with van der Waals surface area (Å²) >= 11 is 0. The maximum absolute atomic E-state index is 13.2. The minimum atomic E-state index is -0.0892. The Bertz CT molecular complexity index is 1040. The molecule has 5 rings (SSSR count). The predicted octanol–water partition coefficient (Wildman–Crippen LogP) is 4.47. The lowest BCUT2D eigenvalue weighted by molar-refractivity contribution is 0.0809. The van der Waals surface area contributed by atoms with E-state index in [9.17, 15) is 4.79 Å². The van der Waals surface area contributed by atoms with Crippen LogP contribution in [-0.2, 0) is 12.8 Å². The minimum absolute atomic E-state index is 0.00354. The second-order valence-corrected chi connectivity index (χ2v) is 8.21. The van der Waals surface area contributed by atoms with Crippen LogP contribution in [0.4, 0.5) is 5.69 Å². The SMILES string of the molecule is C=C1CCC(N2C(=C)c3ccc(NC4Cc5ccccc5C4)cc3C2=O)C(=C)N1. The largest absolute Gasteiger partial charge is 0.382 e. The number of anilines is 1. The van der Waals surface area contributed by atoms with Crippen LogP contribution in [0.25, 0.3) is 5.70 Å². The molecule has 146 valence electrons. The first-order chi connectivity index (χ1) is 14.0. The van der Waals surface area contributed by atoms with Gasteiger partial charge >= 0.3 is 0 Å². The van der Waals surface area contributed by atoms with Crippen molar-refractivity contribution in [3.05, 3.63) is 95.8 Å². The van der Waals surface area contributed by atoms with E-state index in [0.717, 1.165) is 54.0 Å². The summed E-state index contributed by atoms with van der Waals surface area (Å²) in [5.41, 5.74) is 7.94. The van der Waals surface area contributed by atoms with Crippen LogP contribution in [-0.4, -0.2) is 22.9 Å². The van der Waals surface area contributed by atoms with E-state index < -0.39 is 0 Å². The van der Waals surface area contributed by atoms with Crippen molar-refractivity contribution in [3.8, 4) is 0 Å². The van der Waals surface area contributed by atoms with E-state index in [4.69, 9.17) is 0 Å². The molecule has 2 heterocycles. The van der Waals surface area contributed by atoms with Crippen LogP contribution in [0.1, 0.15) is 39.9 Å². The molecule has 3 aliphatic rings. The quantitative estimate of drug-likeness (QED) is 0.822. The van der Waals surface area contributed by atoms with Gasteiger partial charge in [0, 0.05) is 34.4 Å². The van der Waals surface area contributed by atoms with Gasteiger partial charge in [-0.15, -0.1) is 0 Å². The van der Waals surface area contributed by atoms with Gasteiger partial charge in [-0.1, -0.05) is 50.1 Å². The lowest BCUT2D eigenvalue weighted by Crippen LogP contribution is -2.42. The molecule has 2 N–H and O–H groups in total. The normalized spacial score (nSPS) is 21.2. The van der Waals surface area contributed by atoms with Crippen molar-refractivity contribution in [2.24, 2.45) is 0 Å². The average Bonchev–Trinajstić information content (AvgIpc) is 3.21. The molecule has 2 aromatic carbocycles. The first-order valence-electron chi connectivity index (χ1n) is 10.1. The summed E-state index contributed by atoms with van der Waals surface area (Å²) in [6, 6.07) is 14.9. The first-order valence-corrected chi connectivity index (χ1v) is 10.1. The molecule has 0 spiro atoms. The average molecular weight is 383 g/mol. The molecule has 1 fully saturated rings. The van der Waals surface area contributed by atoms with Crippen molar-refractivity contribution in [3.63, 3.8) is 0 Å². The highest BCUT2D eigenvalue weighted by Gasteiger charge is 2.38. The van der Waals surface area contributed by atoms with E-state index in [0.29, 0.717) is 11.6 Å². The first kappa shape index (κ1) is 17.8. The van der Waals surface area contributed by atoms with E-state index in [-0.39, 0.29) is 11.9 Å². The molecule has 2 aromatic rings. The van der Waals surface area contributed by atoms with Gasteiger partial charge in [0.25, 0.3) is 5.91 Å². The Labute approximate surface area is 171 Å². The molecular weight excluding hydrogens is 358 g/mol. The highest BCUT2D eigenvalue weighted by molar-refractivity contribution is 6.09. The Morgan fingerprint density at radius 2 is 1.72 bits per heavy atom. The Balaban J connectivity index is 1.36. The molecule has 0 bridgehead atoms. The maximum Gasteiger partial charge on any atom is 0.259 e. The van der Waals surface area contributed by atoms with Crippen LogP contribution in [0.5, 0.6) is 0 Å². The van der Waals surface area contributed by atoms with E-state index in [1.807, 2.05) is 12.1 Å². The summed E-state index contributed by atoms with van der Waals surface area (Å²) in [5, 5.41) is 6.83. The standard InChI is InChI=1S/C25H25N3O/c1-15-8-11-24(16(2)26-15)28-17(3)22-10-9-20(14-23(22)25(28)29)27-21-12-18-6-4-5-7-19(18)13-21/h4-7,9-10,14,21,24,26-27H,1-3,8,11-13H2. The van der Waals surface area contributed by atoms with Gasteiger partial charge in [0.05, 0.1) is 11.6 Å². The van der Waals surface area contributed by atoms with Gasteiger partial charge < -0.3 is 10.6 Å². The fourth-order valence-electron chi connectivity index (χ4n) is 4.81. The molecule has 0 aromatic heterocycles. The number of piperidine rings is 1. The third kappa shape index (κ3) is 2.96. The smallest absolute Gasteiger partial charge is 0.259 e. The van der Waals surface area contributed by atoms with Crippen LogP contribution in [0.15, 0.2) is 73.6 Å². The number of hydrogen-bond donors (Lipinski definition) is 2. The van der Waals surface area contributed by atoms with Crippen molar-refractivity contribution in [1.29, 1.82) is 0 Å². The summed E-state index contributed by atoms with van der Waals surface area (Å²) in [4.78, 5) is 15.0. The van der Waals surface area contributed by atoms with Gasteiger partial charge in [-0.05, 0) is 48.9 Å². The molecule has 1 aliphatic carbocycles. The number of hydrogen-bond acceptors (Lipinski definition) is 3. The van der Waals surface area contributed by atoms with E-state index in [1.54, 1.807) is 4.90 Å². The van der Waals surface area contributed by atoms with Crippen LogP contribution in [0, 0.1) is 0 Å². The third-order valence-corrected chi connectivity index (χ3v) is 6.26. The molecule has 1 unspecified atom stereocenters. The Morgan fingerprint density at radius 3 is 2.41 bits per heavy atom. The van der Waals surface area contributed by atoms with Crippen molar-refractivity contribution in [2.45, 2.75) is 37.8 Å². The number of nitrogens with zero attached hydrogens (tertiary/aromatic N) is 1. The lowest BCUT2D eigenvalue weighted by Gasteiger charge is -2.35. The number of rotatable bonds is 3. The highest BCUT2D eigenvalue weighted by atomic mass is 16.2. The Hall–Kier alpha value is -3.27. The maximum atomic E-state index is 13.2. The summed E-state index contributed by atoms with van der Waals surface area (Å²) < 4.78 is 0. The molecule has 4 heteroatoms. The number of carbonyl (C=O) groups excluding carboxylic acids is 1. The summed E-state index contributed by atoms with van der Waals surface area (Å²) in [6.45, 7) is 12.3. The number of amides is 1. The van der Waals surface area contributed by atoms with E-state index in [1.165, 1.54) is 11.1 Å². The van der Waals surface area contributed by atoms with Crippen molar-refractivity contribution < 1.29 is 4.79 Å². The molecule has 2 aliphatic heterocycles. The molecule has 0 saturated carbocycles. The summed E-state index contributed by atoms with van der Waals surface area (Å²) in [7, 11) is 0. The van der Waals surface area contributed by atoms with Gasteiger partial charge in [-0.3, -0.25) is 9.69 Å². The summed E-state index contributed by atoms with van der Waals surface area (Å²) in [6.07, 6.45) is 3.66. The summed E-state index contributed by atoms with van der Waals surface area (Å²) in [5.74, 6) is 0.00354. The predicted molar refractivity (Wildman–Crippen MR) is 117 cm³/mol. The van der Waals surface area contributed by atoms with Gasteiger partial charge in [-0.2, -0.15) is 0 Å². The van der Waals surface area contributed by atoms with Gasteiger partial charge in [-0.25, -0.2) is 0 Å². The molecule has 1 amide bonds. The van der Waals surface area contributed by atoms with E-state index in [2.05, 4.69) is 60.7 Å². The number of nitrogens with one attached hydrogen (secondary N) is 2. The van der Waals surface area contributed by atoms with Crippen LogP contribution < -0.4 is 10.6 Å². The molecule has 0 radical (unpaired) electrons. The van der Waals surface area contributed by atoms with Crippen molar-refractivity contribution in [2.75, 3.05) is 5.32 Å². The second kappa shape index (κ2) is 6.66. The third-order valence-electron chi connectivity index (χ3n) is 6.26. The zero-order valence-electron chi connectivity index (χ0n) is 16.5. The topological polar surface area (TPSA) is 44.4 Å². The van der Waals surface area contributed by atoms with Crippen molar-refractivity contribution in [1.82, 2.24) is 10.2 Å². The zero-order chi connectivity index (χ0) is 20.1. The molecule has 1 atom stereocenters. The molecule has 29 heavy (non-hydrogen) atoms.